The third-order valence-corrected chi connectivity index (χ3v) is 6.84. The van der Waals surface area contributed by atoms with Gasteiger partial charge in [0.2, 0.25) is 0 Å². The van der Waals surface area contributed by atoms with E-state index in [0.717, 1.165) is 23.7 Å². The summed E-state index contributed by atoms with van der Waals surface area (Å²) in [4.78, 5) is 36.2. The van der Waals surface area contributed by atoms with Gasteiger partial charge in [0.05, 0.1) is 12.0 Å². The van der Waals surface area contributed by atoms with Crippen molar-refractivity contribution in [2.45, 2.75) is 44.6 Å². The van der Waals surface area contributed by atoms with E-state index in [4.69, 9.17) is 21.4 Å². The van der Waals surface area contributed by atoms with Crippen molar-refractivity contribution in [2.24, 2.45) is 13.0 Å². The number of ketones is 1. The number of hydrogen-bond acceptors (Lipinski definition) is 4. The molecule has 1 amide bonds. The number of hydrogen-bond donors (Lipinski definition) is 2. The number of carbonyl (C=O) groups is 3. The maximum atomic E-state index is 12.6. The number of halogens is 1. The van der Waals surface area contributed by atoms with Gasteiger partial charge in [0.1, 0.15) is 11.4 Å². The summed E-state index contributed by atoms with van der Waals surface area (Å²) in [7, 11) is 1.84. The first-order valence-electron chi connectivity index (χ1n) is 11.9. The van der Waals surface area contributed by atoms with Crippen molar-refractivity contribution in [2.75, 3.05) is 6.54 Å². The van der Waals surface area contributed by atoms with Crippen LogP contribution in [-0.2, 0) is 11.8 Å². The van der Waals surface area contributed by atoms with Crippen LogP contribution in [0.1, 0.15) is 59.4 Å². The van der Waals surface area contributed by atoms with E-state index in [0.29, 0.717) is 54.3 Å². The van der Waals surface area contributed by atoms with Gasteiger partial charge in [-0.25, -0.2) is 0 Å². The summed E-state index contributed by atoms with van der Waals surface area (Å²) in [5.74, 6) is -0.502. The summed E-state index contributed by atoms with van der Waals surface area (Å²) in [6.07, 6.45) is 3.56. The molecule has 1 saturated carbocycles. The molecule has 1 heterocycles. The Balaban J connectivity index is 1.21. The highest BCUT2D eigenvalue weighted by Gasteiger charge is 2.26. The second-order valence-corrected chi connectivity index (χ2v) is 9.46. The van der Waals surface area contributed by atoms with E-state index in [2.05, 4.69) is 5.32 Å². The summed E-state index contributed by atoms with van der Waals surface area (Å²) < 4.78 is 7.79. The Labute approximate surface area is 209 Å². The van der Waals surface area contributed by atoms with E-state index in [1.165, 1.54) is 0 Å². The summed E-state index contributed by atoms with van der Waals surface area (Å²) >= 11 is 6.04. The number of amides is 1. The number of ether oxygens (including phenoxy) is 1. The van der Waals surface area contributed by atoms with Gasteiger partial charge in [-0.1, -0.05) is 11.6 Å². The van der Waals surface area contributed by atoms with Gasteiger partial charge < -0.3 is 19.7 Å². The molecule has 3 aromatic rings. The quantitative estimate of drug-likeness (QED) is 0.311. The summed E-state index contributed by atoms with van der Waals surface area (Å²) in [6, 6.07) is 14.4. The van der Waals surface area contributed by atoms with Crippen molar-refractivity contribution in [1.82, 2.24) is 9.88 Å². The van der Waals surface area contributed by atoms with Gasteiger partial charge in [0, 0.05) is 41.5 Å². The lowest BCUT2D eigenvalue weighted by atomic mass is 9.87. The molecule has 0 saturated heterocycles. The predicted octanol–water partition coefficient (Wildman–Crippen LogP) is 5.25. The molecule has 0 bridgehead atoms. The molecule has 0 unspecified atom stereocenters. The third-order valence-electron chi connectivity index (χ3n) is 6.61. The second-order valence-electron chi connectivity index (χ2n) is 9.03. The highest BCUT2D eigenvalue weighted by Crippen LogP contribution is 2.28. The number of carbonyl (C=O) groups excluding carboxylic acids is 2. The van der Waals surface area contributed by atoms with Crippen molar-refractivity contribution in [3.8, 4) is 5.75 Å². The van der Waals surface area contributed by atoms with Crippen LogP contribution < -0.4 is 10.1 Å². The van der Waals surface area contributed by atoms with E-state index in [-0.39, 0.29) is 23.7 Å². The SMILES string of the molecule is Cn1c(C(=O)NCCCC(=O)c2ccc(OC3CCC(C(=O)O)CC3)cc2)cc2cc(Cl)ccc21. The van der Waals surface area contributed by atoms with Crippen LogP contribution in [0.2, 0.25) is 5.02 Å². The largest absolute Gasteiger partial charge is 0.490 e. The summed E-state index contributed by atoms with van der Waals surface area (Å²) in [6.45, 7) is 0.396. The van der Waals surface area contributed by atoms with Crippen molar-refractivity contribution in [3.05, 3.63) is 64.8 Å². The molecule has 35 heavy (non-hydrogen) atoms. The molecule has 0 atom stereocenters. The maximum Gasteiger partial charge on any atom is 0.306 e. The van der Waals surface area contributed by atoms with Crippen molar-refractivity contribution < 1.29 is 24.2 Å². The molecule has 184 valence electrons. The molecule has 8 heteroatoms. The van der Waals surface area contributed by atoms with Gasteiger partial charge in [0.25, 0.3) is 5.91 Å². The maximum absolute atomic E-state index is 12.6. The molecule has 1 aliphatic carbocycles. The van der Waals surface area contributed by atoms with Gasteiger partial charge in [-0.3, -0.25) is 14.4 Å². The molecule has 4 rings (SSSR count). The van der Waals surface area contributed by atoms with Crippen LogP contribution in [-0.4, -0.2) is 40.0 Å². The number of aryl methyl sites for hydroxylation is 1. The lowest BCUT2D eigenvalue weighted by molar-refractivity contribution is -0.143. The Morgan fingerprint density at radius 1 is 1.06 bits per heavy atom. The Bertz CT molecular complexity index is 1230. The van der Waals surface area contributed by atoms with Crippen LogP contribution in [0.4, 0.5) is 0 Å². The minimum absolute atomic E-state index is 0.00649. The normalized spacial score (nSPS) is 17.8. The monoisotopic (exact) mass is 496 g/mol. The van der Waals surface area contributed by atoms with Crippen molar-refractivity contribution in [3.63, 3.8) is 0 Å². The zero-order chi connectivity index (χ0) is 24.9. The number of Topliss-reactive ketones (excluding diaryl/α,β-unsaturated/α-hetero) is 1. The van der Waals surface area contributed by atoms with Crippen LogP contribution >= 0.6 is 11.6 Å². The minimum Gasteiger partial charge on any atom is -0.490 e. The number of aromatic nitrogens is 1. The summed E-state index contributed by atoms with van der Waals surface area (Å²) in [5.41, 5.74) is 2.07. The number of nitrogens with zero attached hydrogens (tertiary/aromatic N) is 1. The molecular weight excluding hydrogens is 468 g/mol. The number of benzene rings is 2. The van der Waals surface area contributed by atoms with Gasteiger partial charge in [-0.15, -0.1) is 0 Å². The lowest BCUT2D eigenvalue weighted by Crippen LogP contribution is -2.27. The molecule has 7 nitrogen and oxygen atoms in total. The standard InChI is InChI=1S/C27H29ClN2O5/c1-30-23-13-8-20(28)15-19(23)16-24(30)26(32)29-14-2-3-25(31)17-4-9-21(10-5-17)35-22-11-6-18(7-12-22)27(33)34/h4-5,8-10,13,15-16,18,22H,2-3,6-7,11-12,14H2,1H3,(H,29,32)(H,33,34). The average molecular weight is 497 g/mol. The first-order chi connectivity index (χ1) is 16.8. The van der Waals surface area contributed by atoms with Crippen molar-refractivity contribution >= 4 is 40.2 Å². The molecule has 1 fully saturated rings. The zero-order valence-corrected chi connectivity index (χ0v) is 20.4. The Kier molecular flexibility index (Phi) is 7.76. The second kappa shape index (κ2) is 11.0. The van der Waals surface area contributed by atoms with Crippen LogP contribution in [0.3, 0.4) is 0 Å². The predicted molar refractivity (Wildman–Crippen MR) is 134 cm³/mol. The number of rotatable bonds is 9. The molecular formula is C27H29ClN2O5. The molecule has 0 aliphatic heterocycles. The fourth-order valence-electron chi connectivity index (χ4n) is 4.56. The van der Waals surface area contributed by atoms with Gasteiger partial charge in [-0.05, 0) is 80.6 Å². The van der Waals surface area contributed by atoms with Gasteiger partial charge >= 0.3 is 5.97 Å². The fraction of sp³-hybridized carbons (Fsp3) is 0.370. The van der Waals surface area contributed by atoms with Crippen LogP contribution in [0, 0.1) is 5.92 Å². The van der Waals surface area contributed by atoms with E-state index in [1.807, 2.05) is 29.8 Å². The van der Waals surface area contributed by atoms with Crippen LogP contribution in [0.5, 0.6) is 5.75 Å². The smallest absolute Gasteiger partial charge is 0.306 e. The number of fused-ring (bicyclic) bond motifs is 1. The van der Waals surface area contributed by atoms with E-state index < -0.39 is 5.97 Å². The summed E-state index contributed by atoms with van der Waals surface area (Å²) in [5, 5.41) is 13.5. The molecule has 2 aromatic carbocycles. The third kappa shape index (κ3) is 6.03. The first-order valence-corrected chi connectivity index (χ1v) is 12.3. The van der Waals surface area contributed by atoms with Crippen LogP contribution in [0.25, 0.3) is 10.9 Å². The van der Waals surface area contributed by atoms with Crippen molar-refractivity contribution in [1.29, 1.82) is 0 Å². The minimum atomic E-state index is -0.732. The Morgan fingerprint density at radius 3 is 2.46 bits per heavy atom. The molecule has 1 aromatic heterocycles. The topological polar surface area (TPSA) is 97.6 Å². The first kappa shape index (κ1) is 24.8. The van der Waals surface area contributed by atoms with Gasteiger partial charge in [-0.2, -0.15) is 0 Å². The molecule has 0 spiro atoms. The number of nitrogens with one attached hydrogen (secondary N) is 1. The number of carboxylic acid groups (broad SMARTS) is 1. The Hall–Kier alpha value is -3.32. The highest BCUT2D eigenvalue weighted by molar-refractivity contribution is 6.31. The number of aliphatic carboxylic acids is 1. The zero-order valence-electron chi connectivity index (χ0n) is 19.6. The molecule has 2 N–H and O–H groups in total. The average Bonchev–Trinajstić information content (AvgIpc) is 3.17. The fourth-order valence-corrected chi connectivity index (χ4v) is 4.74. The lowest BCUT2D eigenvalue weighted by Gasteiger charge is -2.26. The molecule has 0 radical (unpaired) electrons. The van der Waals surface area contributed by atoms with E-state index >= 15 is 0 Å². The molecule has 1 aliphatic rings. The van der Waals surface area contributed by atoms with Crippen LogP contribution in [0.15, 0.2) is 48.5 Å². The highest BCUT2D eigenvalue weighted by atomic mass is 35.5. The van der Waals surface area contributed by atoms with E-state index in [1.54, 1.807) is 30.3 Å². The number of carboxylic acids is 1. The van der Waals surface area contributed by atoms with Gasteiger partial charge in [0.15, 0.2) is 5.78 Å². The van der Waals surface area contributed by atoms with E-state index in [9.17, 15) is 14.4 Å². The Morgan fingerprint density at radius 2 is 1.77 bits per heavy atom.